The van der Waals surface area contributed by atoms with Crippen molar-refractivity contribution in [3.63, 3.8) is 0 Å². The van der Waals surface area contributed by atoms with Crippen LogP contribution in [-0.2, 0) is 16.4 Å². The number of sulfonamides is 1. The molecule has 0 spiro atoms. The van der Waals surface area contributed by atoms with E-state index in [0.717, 1.165) is 9.35 Å². The number of nitrogens with zero attached hydrogens (tertiary/aromatic N) is 1. The van der Waals surface area contributed by atoms with Crippen LogP contribution in [0, 0.1) is 0 Å². The minimum Gasteiger partial charge on any atom is -0.398 e. The Morgan fingerprint density at radius 2 is 2.05 bits per heavy atom. The highest BCUT2D eigenvalue weighted by Gasteiger charge is 2.26. The van der Waals surface area contributed by atoms with Gasteiger partial charge in [-0.25, -0.2) is 12.7 Å². The van der Waals surface area contributed by atoms with Gasteiger partial charge in [0.2, 0.25) is 10.0 Å². The van der Waals surface area contributed by atoms with Crippen LogP contribution < -0.4 is 5.73 Å². The monoisotopic (exact) mass is 452 g/mol. The third kappa shape index (κ3) is 3.87. The average molecular weight is 454 g/mol. The predicted octanol–water partition coefficient (Wildman–Crippen LogP) is 3.72. The maximum atomic E-state index is 12.6. The summed E-state index contributed by atoms with van der Waals surface area (Å²) in [6.07, 6.45) is 0.682. The fourth-order valence-electron chi connectivity index (χ4n) is 1.85. The van der Waals surface area contributed by atoms with Gasteiger partial charge in [-0.15, -0.1) is 11.3 Å². The van der Waals surface area contributed by atoms with Gasteiger partial charge in [-0.3, -0.25) is 0 Å². The molecule has 1 aromatic carbocycles. The number of thiophene rings is 1. The summed E-state index contributed by atoms with van der Waals surface area (Å²) in [5.74, 6) is 0. The molecule has 2 rings (SSSR count). The molecule has 0 bridgehead atoms. The van der Waals surface area contributed by atoms with Gasteiger partial charge in [0.15, 0.2) is 0 Å². The molecular weight excluding hydrogens is 440 g/mol. The molecule has 0 aliphatic carbocycles. The topological polar surface area (TPSA) is 63.4 Å². The zero-order valence-corrected chi connectivity index (χ0v) is 16.0. The van der Waals surface area contributed by atoms with E-state index in [0.29, 0.717) is 17.4 Å². The largest absolute Gasteiger partial charge is 0.398 e. The molecule has 0 unspecified atom stereocenters. The molecule has 0 saturated carbocycles. The van der Waals surface area contributed by atoms with Crippen molar-refractivity contribution in [1.29, 1.82) is 0 Å². The third-order valence-electron chi connectivity index (χ3n) is 2.96. The van der Waals surface area contributed by atoms with E-state index in [9.17, 15) is 8.42 Å². The maximum Gasteiger partial charge on any atom is 0.246 e. The highest BCUT2D eigenvalue weighted by Crippen LogP contribution is 2.33. The lowest BCUT2D eigenvalue weighted by Gasteiger charge is -2.19. The van der Waals surface area contributed by atoms with Gasteiger partial charge in [-0.05, 0) is 45.9 Å². The van der Waals surface area contributed by atoms with Crippen molar-refractivity contribution in [2.24, 2.45) is 0 Å². The normalized spacial score (nSPS) is 12.0. The Bertz CT molecular complexity index is 708. The van der Waals surface area contributed by atoms with Gasteiger partial charge >= 0.3 is 0 Å². The molecule has 0 atom stereocenters. The second-order valence-electron chi connectivity index (χ2n) is 4.46. The molecule has 0 fully saturated rings. The Labute approximate surface area is 145 Å². The number of hydrogen-bond donors (Lipinski definition) is 1. The molecule has 1 aromatic heterocycles. The minimum atomic E-state index is -3.63. The molecule has 0 radical (unpaired) electrons. The maximum absolute atomic E-state index is 12.6. The Morgan fingerprint density at radius 3 is 2.62 bits per heavy atom. The van der Waals surface area contributed by atoms with Gasteiger partial charge in [0.1, 0.15) is 4.90 Å². The first-order valence-electron chi connectivity index (χ1n) is 6.05. The van der Waals surface area contributed by atoms with Crippen molar-refractivity contribution >= 4 is 58.9 Å². The summed E-state index contributed by atoms with van der Waals surface area (Å²) >= 11 is 8.19. The summed E-state index contributed by atoms with van der Waals surface area (Å²) in [7, 11) is -2.06. The molecule has 2 aromatic rings. The second-order valence-corrected chi connectivity index (χ2v) is 9.25. The SMILES string of the molecule is CN(CCc1cccs1)S(=O)(=O)c1c(N)cc(Br)cc1Br. The van der Waals surface area contributed by atoms with Crippen LogP contribution in [-0.4, -0.2) is 26.3 Å². The number of anilines is 1. The Balaban J connectivity index is 2.25. The fourth-order valence-corrected chi connectivity index (χ4v) is 5.73. The van der Waals surface area contributed by atoms with Crippen molar-refractivity contribution < 1.29 is 8.42 Å². The van der Waals surface area contributed by atoms with Crippen molar-refractivity contribution in [1.82, 2.24) is 4.31 Å². The number of rotatable bonds is 5. The van der Waals surface area contributed by atoms with E-state index in [-0.39, 0.29) is 10.6 Å². The van der Waals surface area contributed by atoms with Crippen LogP contribution in [0.1, 0.15) is 4.88 Å². The molecule has 1 heterocycles. The highest BCUT2D eigenvalue weighted by atomic mass is 79.9. The molecular formula is C13H14Br2N2O2S2. The summed E-state index contributed by atoms with van der Waals surface area (Å²) in [5.41, 5.74) is 6.09. The van der Waals surface area contributed by atoms with E-state index in [1.165, 1.54) is 4.31 Å². The molecule has 0 aliphatic rings. The van der Waals surface area contributed by atoms with Crippen LogP contribution in [0.4, 0.5) is 5.69 Å². The van der Waals surface area contributed by atoms with E-state index in [1.54, 1.807) is 30.5 Å². The van der Waals surface area contributed by atoms with Gasteiger partial charge in [-0.2, -0.15) is 0 Å². The summed E-state index contributed by atoms with van der Waals surface area (Å²) < 4.78 is 27.8. The van der Waals surface area contributed by atoms with E-state index in [4.69, 9.17) is 5.73 Å². The number of hydrogen-bond acceptors (Lipinski definition) is 4. The van der Waals surface area contributed by atoms with Crippen molar-refractivity contribution in [2.75, 3.05) is 19.3 Å². The molecule has 114 valence electrons. The number of nitrogen functional groups attached to an aromatic ring is 1. The first-order chi connectivity index (χ1) is 9.82. The second kappa shape index (κ2) is 6.78. The van der Waals surface area contributed by atoms with Gasteiger partial charge in [0.05, 0.1) is 5.69 Å². The van der Waals surface area contributed by atoms with E-state index < -0.39 is 10.0 Å². The summed E-state index contributed by atoms with van der Waals surface area (Å²) in [6, 6.07) is 7.22. The van der Waals surface area contributed by atoms with Gasteiger partial charge in [-0.1, -0.05) is 22.0 Å². The van der Waals surface area contributed by atoms with E-state index in [2.05, 4.69) is 31.9 Å². The smallest absolute Gasteiger partial charge is 0.246 e. The Kier molecular flexibility index (Phi) is 5.48. The fraction of sp³-hybridized carbons (Fsp3) is 0.231. The number of halogens is 2. The number of likely N-dealkylation sites (N-methyl/N-ethyl adjacent to an activating group) is 1. The summed E-state index contributed by atoms with van der Waals surface area (Å²) in [4.78, 5) is 1.26. The summed E-state index contributed by atoms with van der Waals surface area (Å²) in [5, 5.41) is 1.98. The van der Waals surface area contributed by atoms with Gasteiger partial charge in [0, 0.05) is 27.4 Å². The Hall–Kier alpha value is -0.410. The van der Waals surface area contributed by atoms with Gasteiger partial charge in [0.25, 0.3) is 0 Å². The number of nitrogens with two attached hydrogens (primary N) is 1. The molecule has 21 heavy (non-hydrogen) atoms. The van der Waals surface area contributed by atoms with Crippen LogP contribution in [0.25, 0.3) is 0 Å². The lowest BCUT2D eigenvalue weighted by Crippen LogP contribution is -2.29. The van der Waals surface area contributed by atoms with Crippen LogP contribution in [0.2, 0.25) is 0 Å². The first kappa shape index (κ1) is 17.0. The lowest BCUT2D eigenvalue weighted by molar-refractivity contribution is 0.473. The average Bonchev–Trinajstić information content (AvgIpc) is 2.87. The predicted molar refractivity (Wildman–Crippen MR) is 94.1 cm³/mol. The molecule has 0 aliphatic heterocycles. The van der Waals surface area contributed by atoms with Crippen molar-refractivity contribution in [2.45, 2.75) is 11.3 Å². The molecule has 4 nitrogen and oxygen atoms in total. The minimum absolute atomic E-state index is 0.111. The number of benzene rings is 1. The zero-order valence-electron chi connectivity index (χ0n) is 11.2. The first-order valence-corrected chi connectivity index (χ1v) is 9.96. The highest BCUT2D eigenvalue weighted by molar-refractivity contribution is 9.11. The van der Waals surface area contributed by atoms with Crippen LogP contribution in [0.3, 0.4) is 0 Å². The van der Waals surface area contributed by atoms with Gasteiger partial charge < -0.3 is 5.73 Å². The summed E-state index contributed by atoms with van der Waals surface area (Å²) in [6.45, 7) is 0.408. The quantitative estimate of drug-likeness (QED) is 0.701. The standard InChI is InChI=1S/C13H14Br2N2O2S2/c1-17(5-4-10-3-2-6-20-10)21(18,19)13-11(15)7-9(14)8-12(13)16/h2-3,6-8H,4-5,16H2,1H3. The molecule has 2 N–H and O–H groups in total. The molecule has 0 saturated heterocycles. The Morgan fingerprint density at radius 1 is 1.33 bits per heavy atom. The van der Waals surface area contributed by atoms with E-state index >= 15 is 0 Å². The molecule has 8 heteroatoms. The lowest BCUT2D eigenvalue weighted by atomic mass is 10.3. The molecule has 0 amide bonds. The third-order valence-corrected chi connectivity index (χ3v) is 7.22. The van der Waals surface area contributed by atoms with Crippen LogP contribution >= 0.6 is 43.2 Å². The zero-order chi connectivity index (χ0) is 15.6. The van der Waals surface area contributed by atoms with Crippen LogP contribution in [0.15, 0.2) is 43.5 Å². The van der Waals surface area contributed by atoms with Crippen LogP contribution in [0.5, 0.6) is 0 Å². The van der Waals surface area contributed by atoms with Crippen molar-refractivity contribution in [3.05, 3.63) is 43.5 Å². The van der Waals surface area contributed by atoms with E-state index in [1.807, 2.05) is 17.5 Å². The van der Waals surface area contributed by atoms with Crippen molar-refractivity contribution in [3.8, 4) is 0 Å².